The molecule has 7 heteroatoms. The summed E-state index contributed by atoms with van der Waals surface area (Å²) in [4.78, 5) is 13.2. The van der Waals surface area contributed by atoms with Gasteiger partial charge in [0, 0.05) is 19.2 Å². The highest BCUT2D eigenvalue weighted by molar-refractivity contribution is 5.84. The van der Waals surface area contributed by atoms with Gasteiger partial charge in [-0.3, -0.25) is 4.79 Å². The van der Waals surface area contributed by atoms with Gasteiger partial charge in [0.25, 0.3) is 0 Å². The standard InChI is InChI=1S/C13H17F3N2O2/c1-12(2,17)11(19)18(3)8-9-6-4-5-7-10(9)20-13(14,15)16/h4-7H,8,17H2,1-3H3. The summed E-state index contributed by atoms with van der Waals surface area (Å²) in [6.45, 7) is 3.04. The van der Waals surface area contributed by atoms with Crippen LogP contribution in [0.4, 0.5) is 13.2 Å². The molecule has 0 fully saturated rings. The summed E-state index contributed by atoms with van der Waals surface area (Å²) < 4.78 is 40.8. The van der Waals surface area contributed by atoms with E-state index >= 15 is 0 Å². The number of alkyl halides is 3. The lowest BCUT2D eigenvalue weighted by molar-refractivity contribution is -0.275. The third-order valence-corrected chi connectivity index (χ3v) is 2.50. The van der Waals surface area contributed by atoms with Gasteiger partial charge in [-0.25, -0.2) is 0 Å². The third kappa shape index (κ3) is 4.73. The van der Waals surface area contributed by atoms with E-state index in [2.05, 4.69) is 4.74 Å². The minimum atomic E-state index is -4.77. The Morgan fingerprint density at radius 2 is 1.85 bits per heavy atom. The van der Waals surface area contributed by atoms with E-state index in [9.17, 15) is 18.0 Å². The minimum absolute atomic E-state index is 0.0221. The van der Waals surface area contributed by atoms with E-state index in [0.717, 1.165) is 0 Å². The number of hydrogen-bond acceptors (Lipinski definition) is 3. The molecule has 0 unspecified atom stereocenters. The van der Waals surface area contributed by atoms with Gasteiger partial charge in [-0.05, 0) is 19.9 Å². The Morgan fingerprint density at radius 1 is 1.30 bits per heavy atom. The zero-order chi connectivity index (χ0) is 15.6. The lowest BCUT2D eigenvalue weighted by Gasteiger charge is -2.26. The van der Waals surface area contributed by atoms with Gasteiger partial charge in [-0.15, -0.1) is 13.2 Å². The molecule has 0 aliphatic rings. The van der Waals surface area contributed by atoms with Crippen molar-refractivity contribution in [2.75, 3.05) is 7.05 Å². The molecule has 0 aliphatic heterocycles. The number of para-hydroxylation sites is 1. The van der Waals surface area contributed by atoms with Gasteiger partial charge >= 0.3 is 6.36 Å². The van der Waals surface area contributed by atoms with Crippen molar-refractivity contribution in [3.8, 4) is 5.75 Å². The maximum absolute atomic E-state index is 12.3. The van der Waals surface area contributed by atoms with Crippen LogP contribution in [-0.2, 0) is 11.3 Å². The number of nitrogens with two attached hydrogens (primary N) is 1. The molecular weight excluding hydrogens is 273 g/mol. The molecule has 0 heterocycles. The predicted molar refractivity (Wildman–Crippen MR) is 67.9 cm³/mol. The molecule has 112 valence electrons. The quantitative estimate of drug-likeness (QED) is 0.925. The monoisotopic (exact) mass is 290 g/mol. The second kappa shape index (κ2) is 5.70. The van der Waals surface area contributed by atoms with Crippen molar-refractivity contribution in [1.82, 2.24) is 4.90 Å². The van der Waals surface area contributed by atoms with Gasteiger partial charge in [0.1, 0.15) is 5.75 Å². The van der Waals surface area contributed by atoms with Crippen LogP contribution in [0.3, 0.4) is 0 Å². The van der Waals surface area contributed by atoms with E-state index in [1.54, 1.807) is 6.07 Å². The maximum Gasteiger partial charge on any atom is 0.573 e. The van der Waals surface area contributed by atoms with Crippen LogP contribution in [0.15, 0.2) is 24.3 Å². The Hall–Kier alpha value is -1.76. The number of nitrogens with zero attached hydrogens (tertiary/aromatic N) is 1. The largest absolute Gasteiger partial charge is 0.573 e. The predicted octanol–water partition coefficient (Wildman–Crippen LogP) is 2.28. The maximum atomic E-state index is 12.3. The number of rotatable bonds is 4. The molecule has 4 nitrogen and oxygen atoms in total. The highest BCUT2D eigenvalue weighted by Crippen LogP contribution is 2.27. The Bertz CT molecular complexity index is 481. The summed E-state index contributed by atoms with van der Waals surface area (Å²) in [6.07, 6.45) is -4.77. The molecule has 0 saturated carbocycles. The first kappa shape index (κ1) is 16.3. The summed E-state index contributed by atoms with van der Waals surface area (Å²) in [5.41, 5.74) is 4.84. The molecule has 0 spiro atoms. The first-order valence-corrected chi connectivity index (χ1v) is 5.89. The number of likely N-dealkylation sites (N-methyl/N-ethyl adjacent to an activating group) is 1. The average Bonchev–Trinajstić information content (AvgIpc) is 2.27. The van der Waals surface area contributed by atoms with Gasteiger partial charge in [-0.1, -0.05) is 18.2 Å². The van der Waals surface area contributed by atoms with Crippen molar-refractivity contribution in [1.29, 1.82) is 0 Å². The number of hydrogen-bond donors (Lipinski definition) is 1. The zero-order valence-corrected chi connectivity index (χ0v) is 11.5. The van der Waals surface area contributed by atoms with Crippen LogP contribution in [0.25, 0.3) is 0 Å². The van der Waals surface area contributed by atoms with E-state index in [1.165, 1.54) is 44.0 Å². The van der Waals surface area contributed by atoms with Crippen LogP contribution in [0, 0.1) is 0 Å². The second-order valence-corrected chi connectivity index (χ2v) is 5.04. The zero-order valence-electron chi connectivity index (χ0n) is 11.5. The topological polar surface area (TPSA) is 55.6 Å². The van der Waals surface area contributed by atoms with Crippen LogP contribution >= 0.6 is 0 Å². The molecule has 0 aromatic heterocycles. The number of amides is 1. The molecule has 0 saturated heterocycles. The van der Waals surface area contributed by atoms with E-state index < -0.39 is 11.9 Å². The average molecular weight is 290 g/mol. The summed E-state index contributed by atoms with van der Waals surface area (Å²) in [5, 5.41) is 0. The van der Waals surface area contributed by atoms with Gasteiger partial charge in [-0.2, -0.15) is 0 Å². The first-order chi connectivity index (χ1) is 9.00. The van der Waals surface area contributed by atoms with E-state index in [-0.39, 0.29) is 23.8 Å². The number of halogens is 3. The van der Waals surface area contributed by atoms with Crippen LogP contribution in [0.2, 0.25) is 0 Å². The van der Waals surface area contributed by atoms with Crippen molar-refractivity contribution in [2.24, 2.45) is 5.73 Å². The second-order valence-electron chi connectivity index (χ2n) is 5.04. The molecule has 0 atom stereocenters. The lowest BCUT2D eigenvalue weighted by Crippen LogP contribution is -2.49. The summed E-state index contributed by atoms with van der Waals surface area (Å²) >= 11 is 0. The fraction of sp³-hybridized carbons (Fsp3) is 0.462. The van der Waals surface area contributed by atoms with E-state index in [1.807, 2.05) is 0 Å². The van der Waals surface area contributed by atoms with Crippen molar-refractivity contribution in [3.05, 3.63) is 29.8 Å². The number of carbonyl (C=O) groups excluding carboxylic acids is 1. The first-order valence-electron chi connectivity index (χ1n) is 5.89. The Balaban J connectivity index is 2.90. The fourth-order valence-electron chi connectivity index (χ4n) is 1.68. The molecule has 2 N–H and O–H groups in total. The van der Waals surface area contributed by atoms with Crippen LogP contribution in [0.5, 0.6) is 5.75 Å². The lowest BCUT2D eigenvalue weighted by atomic mass is 10.1. The van der Waals surface area contributed by atoms with Crippen molar-refractivity contribution in [2.45, 2.75) is 32.3 Å². The van der Waals surface area contributed by atoms with Crippen molar-refractivity contribution < 1.29 is 22.7 Å². The highest BCUT2D eigenvalue weighted by Gasteiger charge is 2.32. The van der Waals surface area contributed by atoms with Crippen molar-refractivity contribution >= 4 is 5.91 Å². The Labute approximate surface area is 115 Å². The Morgan fingerprint density at radius 3 is 2.35 bits per heavy atom. The number of benzene rings is 1. The highest BCUT2D eigenvalue weighted by atomic mass is 19.4. The van der Waals surface area contributed by atoms with Crippen LogP contribution in [-0.4, -0.2) is 29.8 Å². The van der Waals surface area contributed by atoms with Crippen molar-refractivity contribution in [3.63, 3.8) is 0 Å². The van der Waals surface area contributed by atoms with E-state index in [4.69, 9.17) is 5.73 Å². The van der Waals surface area contributed by atoms with Gasteiger partial charge in [0.05, 0.1) is 5.54 Å². The summed E-state index contributed by atoms with van der Waals surface area (Å²) in [7, 11) is 1.47. The molecule has 0 bridgehead atoms. The van der Waals surface area contributed by atoms with E-state index in [0.29, 0.717) is 0 Å². The molecular formula is C13H17F3N2O2. The van der Waals surface area contributed by atoms with Gasteiger partial charge in [0.2, 0.25) is 5.91 Å². The molecule has 0 aliphatic carbocycles. The minimum Gasteiger partial charge on any atom is -0.405 e. The normalized spacial score (nSPS) is 12.2. The molecule has 1 amide bonds. The van der Waals surface area contributed by atoms with Crippen LogP contribution < -0.4 is 10.5 Å². The third-order valence-electron chi connectivity index (χ3n) is 2.50. The molecule has 1 aromatic rings. The fourth-order valence-corrected chi connectivity index (χ4v) is 1.68. The number of ether oxygens (including phenoxy) is 1. The molecule has 1 aromatic carbocycles. The SMILES string of the molecule is CN(Cc1ccccc1OC(F)(F)F)C(=O)C(C)(C)N. The molecule has 1 rings (SSSR count). The van der Waals surface area contributed by atoms with Crippen LogP contribution in [0.1, 0.15) is 19.4 Å². The summed E-state index contributed by atoms with van der Waals surface area (Å²) in [5.74, 6) is -0.700. The Kier molecular flexibility index (Phi) is 4.65. The summed E-state index contributed by atoms with van der Waals surface area (Å²) in [6, 6.07) is 5.67. The van der Waals surface area contributed by atoms with Gasteiger partial charge < -0.3 is 15.4 Å². The number of carbonyl (C=O) groups is 1. The molecule has 0 radical (unpaired) electrons. The smallest absolute Gasteiger partial charge is 0.405 e. The van der Waals surface area contributed by atoms with Gasteiger partial charge in [0.15, 0.2) is 0 Å². The molecule has 20 heavy (non-hydrogen) atoms.